The maximum Gasteiger partial charge on any atom is 0.214 e. The summed E-state index contributed by atoms with van der Waals surface area (Å²) in [5.41, 5.74) is 7.53. The van der Waals surface area contributed by atoms with Gasteiger partial charge in [-0.05, 0) is 49.2 Å². The number of aromatic nitrogens is 2. The Balaban J connectivity index is 0.00000260. The first-order chi connectivity index (χ1) is 22.7. The van der Waals surface area contributed by atoms with Gasteiger partial charge < -0.3 is 57.8 Å². The highest BCUT2D eigenvalue weighted by molar-refractivity contribution is 5.92. The quantitative estimate of drug-likeness (QED) is 0.0885. The molecule has 0 unspecified atom stereocenters. The topological polar surface area (TPSA) is 14.2 Å². The summed E-state index contributed by atoms with van der Waals surface area (Å²) in [5.74, 6) is 0. The third-order valence-electron chi connectivity index (χ3n) is 9.36. The molecule has 0 atom stereocenters. The van der Waals surface area contributed by atoms with E-state index < -0.39 is 0 Å². The van der Waals surface area contributed by atoms with Crippen molar-refractivity contribution in [3.8, 4) is 0 Å². The predicted octanol–water partition coefficient (Wildman–Crippen LogP) is 3.93. The van der Waals surface area contributed by atoms with Crippen LogP contribution in [-0.4, -0.2) is 14.1 Å². The van der Waals surface area contributed by atoms with E-state index in [4.69, 9.17) is 0 Å². The minimum Gasteiger partial charge on any atom is -1.00 e. The molecule has 48 heavy (non-hydrogen) atoms. The first kappa shape index (κ1) is 37.6. The number of aryl methyl sites for hydroxylation is 2. The largest absolute Gasteiger partial charge is 1.00 e. The molecule has 0 fully saturated rings. The molecule has 6 aromatic rings. The van der Waals surface area contributed by atoms with Gasteiger partial charge in [-0.2, -0.15) is 9.13 Å². The van der Waals surface area contributed by atoms with E-state index in [1.807, 2.05) is 0 Å². The van der Waals surface area contributed by atoms with Crippen molar-refractivity contribution in [2.75, 3.05) is 23.9 Å². The fourth-order valence-corrected chi connectivity index (χ4v) is 6.72. The fourth-order valence-electron chi connectivity index (χ4n) is 6.72. The molecule has 0 N–H and O–H groups in total. The van der Waals surface area contributed by atoms with Crippen molar-refractivity contribution in [3.05, 3.63) is 134 Å². The summed E-state index contributed by atoms with van der Waals surface area (Å²) in [6, 6.07) is 43.4. The number of benzene rings is 4. The lowest BCUT2D eigenvalue weighted by atomic mass is 10.1. The Morgan fingerprint density at radius 3 is 1.12 bits per heavy atom. The van der Waals surface area contributed by atoms with Gasteiger partial charge in [0.05, 0.1) is 22.1 Å². The molecule has 0 aliphatic heterocycles. The van der Waals surface area contributed by atoms with E-state index in [1.54, 1.807) is 0 Å². The van der Waals surface area contributed by atoms with Crippen LogP contribution in [0.2, 0.25) is 0 Å². The standard InChI is InChI=1S/C42H48N4.2HI/c1-43(35-21-11-9-12-22-35)39-29-33-45(41-27-17-15-25-37(39)41)31-19-7-5-3-4-6-8-20-32-46-34-30-40(38-26-16-18-28-42(38)46)44(2)36-23-13-10-14-24-36;;/h9-18,21-30,33-34H,3-8,19-20,31-32H2,1-2H3;2*1H/q+2;;/p-2. The maximum atomic E-state index is 2.44. The van der Waals surface area contributed by atoms with Crippen LogP contribution in [-0.2, 0) is 13.1 Å². The highest BCUT2D eigenvalue weighted by Crippen LogP contribution is 2.30. The second kappa shape index (κ2) is 19.1. The van der Waals surface area contributed by atoms with E-state index in [0.29, 0.717) is 0 Å². The van der Waals surface area contributed by atoms with Gasteiger partial charge >= 0.3 is 0 Å². The number of halogens is 2. The van der Waals surface area contributed by atoms with Crippen LogP contribution in [0.15, 0.2) is 134 Å². The second-order valence-corrected chi connectivity index (χ2v) is 12.4. The molecule has 2 heterocycles. The number of pyridine rings is 2. The highest BCUT2D eigenvalue weighted by Gasteiger charge is 2.17. The number of para-hydroxylation sites is 4. The minimum atomic E-state index is 0. The fraction of sp³-hybridized carbons (Fsp3) is 0.286. The average Bonchev–Trinajstić information content (AvgIpc) is 3.12. The third-order valence-corrected chi connectivity index (χ3v) is 9.36. The van der Waals surface area contributed by atoms with Crippen molar-refractivity contribution in [1.29, 1.82) is 0 Å². The zero-order valence-corrected chi connectivity index (χ0v) is 32.6. The highest BCUT2D eigenvalue weighted by atomic mass is 127. The molecule has 0 spiro atoms. The number of nitrogens with zero attached hydrogens (tertiary/aromatic N) is 4. The molecule has 6 rings (SSSR count). The molecule has 6 heteroatoms. The Morgan fingerprint density at radius 1 is 0.396 bits per heavy atom. The number of hydrogen-bond donors (Lipinski definition) is 0. The van der Waals surface area contributed by atoms with E-state index in [1.165, 1.54) is 95.9 Å². The van der Waals surface area contributed by atoms with E-state index in [2.05, 4.69) is 167 Å². The van der Waals surface area contributed by atoms with Crippen LogP contribution >= 0.6 is 0 Å². The van der Waals surface area contributed by atoms with Crippen molar-refractivity contribution in [2.45, 2.75) is 64.5 Å². The van der Waals surface area contributed by atoms with Gasteiger partial charge in [0.2, 0.25) is 11.0 Å². The lowest BCUT2D eigenvalue weighted by molar-refractivity contribution is -0.672. The van der Waals surface area contributed by atoms with Crippen LogP contribution in [0.1, 0.15) is 51.4 Å². The van der Waals surface area contributed by atoms with E-state index >= 15 is 0 Å². The van der Waals surface area contributed by atoms with E-state index in [9.17, 15) is 0 Å². The number of fused-ring (bicyclic) bond motifs is 2. The predicted molar refractivity (Wildman–Crippen MR) is 194 cm³/mol. The zero-order chi connectivity index (χ0) is 31.6. The Morgan fingerprint density at radius 2 is 0.729 bits per heavy atom. The smallest absolute Gasteiger partial charge is 0.214 e. The van der Waals surface area contributed by atoms with Crippen LogP contribution in [0, 0.1) is 0 Å². The van der Waals surface area contributed by atoms with Crippen LogP contribution in [0.5, 0.6) is 0 Å². The van der Waals surface area contributed by atoms with Gasteiger partial charge in [-0.3, -0.25) is 0 Å². The second-order valence-electron chi connectivity index (χ2n) is 12.4. The van der Waals surface area contributed by atoms with Gasteiger partial charge in [-0.25, -0.2) is 0 Å². The molecular formula is C42H48I2N4. The summed E-state index contributed by atoms with van der Waals surface area (Å²) in [6.45, 7) is 2.14. The molecule has 0 aliphatic rings. The van der Waals surface area contributed by atoms with Crippen molar-refractivity contribution in [2.24, 2.45) is 0 Å². The normalized spacial score (nSPS) is 10.8. The monoisotopic (exact) mass is 862 g/mol. The molecule has 0 radical (unpaired) electrons. The first-order valence-corrected chi connectivity index (χ1v) is 17.1. The molecule has 0 aliphatic carbocycles. The molecule has 2 aromatic heterocycles. The lowest BCUT2D eigenvalue weighted by Gasteiger charge is -2.20. The minimum absolute atomic E-state index is 0. The number of rotatable bonds is 15. The number of anilines is 4. The molecule has 250 valence electrons. The van der Waals surface area contributed by atoms with Crippen LogP contribution in [0.25, 0.3) is 21.8 Å². The van der Waals surface area contributed by atoms with E-state index in [0.717, 1.165) is 13.1 Å². The van der Waals surface area contributed by atoms with Gasteiger partial charge in [-0.1, -0.05) is 86.3 Å². The average molecular weight is 863 g/mol. The van der Waals surface area contributed by atoms with Gasteiger partial charge in [-0.15, -0.1) is 0 Å². The Hall–Kier alpha value is -3.24. The van der Waals surface area contributed by atoms with Crippen molar-refractivity contribution in [1.82, 2.24) is 0 Å². The Kier molecular flexibility index (Phi) is 14.9. The Bertz CT molecular complexity index is 1710. The van der Waals surface area contributed by atoms with Gasteiger partial charge in [0.1, 0.15) is 13.1 Å². The third kappa shape index (κ3) is 9.26. The summed E-state index contributed by atoms with van der Waals surface area (Å²) >= 11 is 0. The molecule has 0 bridgehead atoms. The van der Waals surface area contributed by atoms with Crippen molar-refractivity contribution >= 4 is 44.6 Å². The Labute approximate surface area is 321 Å². The summed E-state index contributed by atoms with van der Waals surface area (Å²) in [5, 5.41) is 2.61. The maximum absolute atomic E-state index is 2.44. The molecular weight excluding hydrogens is 814 g/mol. The van der Waals surface area contributed by atoms with Crippen LogP contribution in [0.4, 0.5) is 22.7 Å². The molecule has 0 saturated heterocycles. The summed E-state index contributed by atoms with van der Waals surface area (Å²) in [4.78, 5) is 4.57. The molecule has 0 saturated carbocycles. The number of unbranched alkanes of at least 4 members (excludes halogenated alkanes) is 7. The van der Waals surface area contributed by atoms with Crippen molar-refractivity contribution in [3.63, 3.8) is 0 Å². The molecule has 4 nitrogen and oxygen atoms in total. The SMILES string of the molecule is CN(c1ccccc1)c1cc[n+](CCCCCCCCCC[n+]2ccc(N(C)c3ccccc3)c3ccccc32)c2ccccc12.[I-].[I-]. The summed E-state index contributed by atoms with van der Waals surface area (Å²) < 4.78 is 4.87. The van der Waals surface area contributed by atoms with Gasteiger partial charge in [0, 0.05) is 62.6 Å². The van der Waals surface area contributed by atoms with Crippen LogP contribution in [0.3, 0.4) is 0 Å². The van der Waals surface area contributed by atoms with Gasteiger partial charge in [0.15, 0.2) is 12.4 Å². The lowest BCUT2D eigenvalue weighted by Crippen LogP contribution is -3.00. The summed E-state index contributed by atoms with van der Waals surface area (Å²) in [6.07, 6.45) is 14.9. The zero-order valence-electron chi connectivity index (χ0n) is 28.3. The van der Waals surface area contributed by atoms with Gasteiger partial charge in [0.25, 0.3) is 0 Å². The number of hydrogen-bond acceptors (Lipinski definition) is 2. The van der Waals surface area contributed by atoms with Crippen molar-refractivity contribution < 1.29 is 57.1 Å². The summed E-state index contributed by atoms with van der Waals surface area (Å²) in [7, 11) is 4.32. The molecule has 0 amide bonds. The molecule has 4 aromatic carbocycles. The van der Waals surface area contributed by atoms with E-state index in [-0.39, 0.29) is 48.0 Å². The first-order valence-electron chi connectivity index (χ1n) is 17.1. The van der Waals surface area contributed by atoms with Crippen LogP contribution < -0.4 is 66.9 Å².